The number of rotatable bonds is 6. The molecule has 106 valence electrons. The van der Waals surface area contributed by atoms with Gasteiger partial charge in [-0.3, -0.25) is 0 Å². The first kappa shape index (κ1) is 13.2. The van der Waals surface area contributed by atoms with Gasteiger partial charge in [0.1, 0.15) is 5.75 Å². The van der Waals surface area contributed by atoms with Crippen molar-refractivity contribution in [1.82, 2.24) is 4.57 Å². The average Bonchev–Trinajstić information content (AvgIpc) is 3.08. The van der Waals surface area contributed by atoms with Crippen LogP contribution in [0.1, 0.15) is 24.3 Å². The molecule has 2 aromatic rings. The monoisotopic (exact) mass is 273 g/mol. The molecule has 20 heavy (non-hydrogen) atoms. The molecule has 4 nitrogen and oxygen atoms in total. The quantitative estimate of drug-likeness (QED) is 0.759. The third-order valence-electron chi connectivity index (χ3n) is 3.45. The molecule has 0 radical (unpaired) electrons. The highest BCUT2D eigenvalue weighted by Gasteiger charge is 2.42. The molecule has 0 saturated carbocycles. The van der Waals surface area contributed by atoms with Crippen molar-refractivity contribution in [2.45, 2.75) is 25.9 Å². The highest BCUT2D eigenvalue weighted by Crippen LogP contribution is 2.39. The SMILES string of the molecule is CCOC1OC1c1cccn1Cc1ccc(OC)cc1. The van der Waals surface area contributed by atoms with Gasteiger partial charge in [0.2, 0.25) is 0 Å². The van der Waals surface area contributed by atoms with Gasteiger partial charge in [0.15, 0.2) is 12.4 Å². The third kappa shape index (κ3) is 2.71. The molecule has 0 aliphatic carbocycles. The summed E-state index contributed by atoms with van der Waals surface area (Å²) in [6.45, 7) is 3.49. The van der Waals surface area contributed by atoms with Crippen LogP contribution in [-0.4, -0.2) is 24.6 Å². The molecule has 0 N–H and O–H groups in total. The van der Waals surface area contributed by atoms with Crippen molar-refractivity contribution in [2.24, 2.45) is 0 Å². The van der Waals surface area contributed by atoms with E-state index in [2.05, 4.69) is 29.0 Å². The molecule has 1 saturated heterocycles. The Balaban J connectivity index is 1.70. The Morgan fingerprint density at radius 2 is 2.00 bits per heavy atom. The van der Waals surface area contributed by atoms with Gasteiger partial charge in [0, 0.05) is 19.3 Å². The van der Waals surface area contributed by atoms with Crippen LogP contribution in [0.25, 0.3) is 0 Å². The Morgan fingerprint density at radius 1 is 1.20 bits per heavy atom. The molecule has 2 heterocycles. The molecule has 0 amide bonds. The Kier molecular flexibility index (Phi) is 3.76. The number of aromatic nitrogens is 1. The number of hydrogen-bond acceptors (Lipinski definition) is 3. The van der Waals surface area contributed by atoms with Crippen LogP contribution in [0, 0.1) is 0 Å². The fourth-order valence-electron chi connectivity index (χ4n) is 2.36. The number of ether oxygens (including phenoxy) is 3. The van der Waals surface area contributed by atoms with E-state index in [1.54, 1.807) is 7.11 Å². The molecular formula is C16H19NO3. The summed E-state index contributed by atoms with van der Waals surface area (Å²) in [4.78, 5) is 0. The van der Waals surface area contributed by atoms with Crippen LogP contribution >= 0.6 is 0 Å². The average molecular weight is 273 g/mol. The zero-order valence-electron chi connectivity index (χ0n) is 11.8. The van der Waals surface area contributed by atoms with Gasteiger partial charge in [-0.15, -0.1) is 0 Å². The van der Waals surface area contributed by atoms with Gasteiger partial charge < -0.3 is 18.8 Å². The maximum Gasteiger partial charge on any atom is 0.190 e. The van der Waals surface area contributed by atoms with Crippen LogP contribution in [0.4, 0.5) is 0 Å². The van der Waals surface area contributed by atoms with Gasteiger partial charge in [-0.25, -0.2) is 0 Å². The van der Waals surface area contributed by atoms with Crippen LogP contribution in [0.2, 0.25) is 0 Å². The van der Waals surface area contributed by atoms with Crippen LogP contribution in [0.5, 0.6) is 5.75 Å². The second-order valence-electron chi connectivity index (χ2n) is 4.79. The minimum atomic E-state index is -0.0792. The highest BCUT2D eigenvalue weighted by atomic mass is 16.8. The Morgan fingerprint density at radius 3 is 2.70 bits per heavy atom. The summed E-state index contributed by atoms with van der Waals surface area (Å²) in [5.41, 5.74) is 2.40. The second kappa shape index (κ2) is 5.69. The zero-order valence-corrected chi connectivity index (χ0v) is 11.8. The van der Waals surface area contributed by atoms with E-state index in [1.807, 2.05) is 25.1 Å². The Labute approximate surface area is 118 Å². The molecule has 1 fully saturated rings. The smallest absolute Gasteiger partial charge is 0.190 e. The van der Waals surface area contributed by atoms with Crippen LogP contribution in [0.3, 0.4) is 0 Å². The number of nitrogens with zero attached hydrogens (tertiary/aromatic N) is 1. The lowest BCUT2D eigenvalue weighted by Gasteiger charge is -2.08. The number of epoxide rings is 1. The fourth-order valence-corrected chi connectivity index (χ4v) is 2.36. The summed E-state index contributed by atoms with van der Waals surface area (Å²) in [6, 6.07) is 12.3. The first-order valence-corrected chi connectivity index (χ1v) is 6.87. The number of methoxy groups -OCH3 is 1. The molecule has 2 atom stereocenters. The molecule has 1 aromatic heterocycles. The van der Waals surface area contributed by atoms with Crippen LogP contribution < -0.4 is 4.74 Å². The van der Waals surface area contributed by atoms with Crippen molar-refractivity contribution in [3.8, 4) is 5.75 Å². The maximum absolute atomic E-state index is 5.55. The van der Waals surface area contributed by atoms with E-state index in [-0.39, 0.29) is 12.4 Å². The molecule has 1 aromatic carbocycles. The summed E-state index contributed by atoms with van der Waals surface area (Å²) < 4.78 is 18.4. The predicted molar refractivity (Wildman–Crippen MR) is 75.8 cm³/mol. The Hall–Kier alpha value is -1.78. The molecule has 1 aliphatic heterocycles. The van der Waals surface area contributed by atoms with E-state index >= 15 is 0 Å². The van der Waals surface area contributed by atoms with E-state index in [0.717, 1.165) is 12.3 Å². The van der Waals surface area contributed by atoms with Crippen LogP contribution in [0.15, 0.2) is 42.6 Å². The number of benzene rings is 1. The van der Waals surface area contributed by atoms with E-state index in [0.29, 0.717) is 6.61 Å². The first-order valence-electron chi connectivity index (χ1n) is 6.87. The normalized spacial score (nSPS) is 20.9. The van der Waals surface area contributed by atoms with Crippen molar-refractivity contribution < 1.29 is 14.2 Å². The minimum Gasteiger partial charge on any atom is -0.497 e. The third-order valence-corrected chi connectivity index (χ3v) is 3.45. The van der Waals surface area contributed by atoms with Gasteiger partial charge >= 0.3 is 0 Å². The molecular weight excluding hydrogens is 254 g/mol. The zero-order chi connectivity index (χ0) is 13.9. The van der Waals surface area contributed by atoms with Gasteiger partial charge in [-0.05, 0) is 36.8 Å². The van der Waals surface area contributed by atoms with Crippen molar-refractivity contribution in [3.05, 3.63) is 53.9 Å². The standard InChI is InChI=1S/C16H19NO3/c1-3-19-16-15(20-16)14-5-4-10-17(14)11-12-6-8-13(18-2)9-7-12/h4-10,15-16H,3,11H2,1-2H3. The summed E-state index contributed by atoms with van der Waals surface area (Å²) >= 11 is 0. The molecule has 0 bridgehead atoms. The molecule has 3 rings (SSSR count). The van der Waals surface area contributed by atoms with E-state index in [4.69, 9.17) is 14.2 Å². The fraction of sp³-hybridized carbons (Fsp3) is 0.375. The predicted octanol–water partition coefficient (Wildman–Crippen LogP) is 2.98. The molecule has 4 heteroatoms. The summed E-state index contributed by atoms with van der Waals surface area (Å²) in [7, 11) is 1.68. The largest absolute Gasteiger partial charge is 0.497 e. The van der Waals surface area contributed by atoms with Crippen molar-refractivity contribution in [2.75, 3.05) is 13.7 Å². The van der Waals surface area contributed by atoms with Crippen molar-refractivity contribution >= 4 is 0 Å². The van der Waals surface area contributed by atoms with Gasteiger partial charge in [-0.2, -0.15) is 0 Å². The topological polar surface area (TPSA) is 35.9 Å². The van der Waals surface area contributed by atoms with Crippen molar-refractivity contribution in [3.63, 3.8) is 0 Å². The molecule has 2 unspecified atom stereocenters. The summed E-state index contributed by atoms with van der Waals surface area (Å²) in [5.74, 6) is 0.878. The van der Waals surface area contributed by atoms with Gasteiger partial charge in [0.25, 0.3) is 0 Å². The minimum absolute atomic E-state index is 0.0724. The highest BCUT2D eigenvalue weighted by molar-refractivity contribution is 5.28. The van der Waals surface area contributed by atoms with E-state index < -0.39 is 0 Å². The lowest BCUT2D eigenvalue weighted by atomic mass is 10.2. The summed E-state index contributed by atoms with van der Waals surface area (Å²) in [5, 5.41) is 0. The van der Waals surface area contributed by atoms with Gasteiger partial charge in [-0.1, -0.05) is 12.1 Å². The van der Waals surface area contributed by atoms with E-state index in [1.165, 1.54) is 11.3 Å². The second-order valence-corrected chi connectivity index (χ2v) is 4.79. The molecule has 0 spiro atoms. The first-order chi connectivity index (χ1) is 9.81. The summed E-state index contributed by atoms with van der Waals surface area (Å²) in [6.07, 6.45) is 2.07. The van der Waals surface area contributed by atoms with Crippen LogP contribution in [-0.2, 0) is 16.0 Å². The van der Waals surface area contributed by atoms with E-state index in [9.17, 15) is 0 Å². The number of hydrogen-bond donors (Lipinski definition) is 0. The lowest BCUT2D eigenvalue weighted by Crippen LogP contribution is -2.04. The lowest BCUT2D eigenvalue weighted by molar-refractivity contribution is 0.0593. The Bertz CT molecular complexity index is 561. The van der Waals surface area contributed by atoms with Gasteiger partial charge in [0.05, 0.1) is 12.8 Å². The van der Waals surface area contributed by atoms with Crippen molar-refractivity contribution in [1.29, 1.82) is 0 Å². The maximum atomic E-state index is 5.55. The molecule has 1 aliphatic rings.